The van der Waals surface area contributed by atoms with Crippen LogP contribution in [0.1, 0.15) is 18.4 Å². The molecule has 0 bridgehead atoms. The number of amides is 1. The molecule has 4 aromatic rings. The molecule has 1 amide bonds. The summed E-state index contributed by atoms with van der Waals surface area (Å²) in [6.45, 7) is 2.28. The fourth-order valence-electron chi connectivity index (χ4n) is 2.90. The Kier molecular flexibility index (Phi) is 6.46. The summed E-state index contributed by atoms with van der Waals surface area (Å²) < 4.78 is 16.9. The van der Waals surface area contributed by atoms with E-state index in [1.165, 1.54) is 11.8 Å². The van der Waals surface area contributed by atoms with E-state index in [2.05, 4.69) is 10.1 Å². The number of aromatic nitrogens is 2. The summed E-state index contributed by atoms with van der Waals surface area (Å²) in [5.41, 5.74) is 1.91. The van der Waals surface area contributed by atoms with Crippen LogP contribution in [0.3, 0.4) is 0 Å². The van der Waals surface area contributed by atoms with Gasteiger partial charge in [-0.1, -0.05) is 35.5 Å². The minimum atomic E-state index is -0.0676. The molecule has 7 nitrogen and oxygen atoms in total. The molecule has 0 radical (unpaired) electrons. The maximum Gasteiger partial charge on any atom is 0.246 e. The van der Waals surface area contributed by atoms with Gasteiger partial charge < -0.3 is 18.9 Å². The quantitative estimate of drug-likeness (QED) is 0.388. The van der Waals surface area contributed by atoms with Crippen LogP contribution in [0.5, 0.6) is 17.2 Å². The van der Waals surface area contributed by atoms with Gasteiger partial charge in [-0.3, -0.25) is 4.79 Å². The molecule has 0 spiro atoms. The Hall–Kier alpha value is -4.13. The van der Waals surface area contributed by atoms with Gasteiger partial charge in [0.15, 0.2) is 0 Å². The van der Waals surface area contributed by atoms with Crippen molar-refractivity contribution in [3.63, 3.8) is 0 Å². The smallest absolute Gasteiger partial charge is 0.246 e. The highest BCUT2D eigenvalue weighted by Crippen LogP contribution is 2.26. The summed E-state index contributed by atoms with van der Waals surface area (Å²) in [6.07, 6.45) is 0. The minimum Gasteiger partial charge on any atom is -0.489 e. The Morgan fingerprint density at radius 3 is 2.19 bits per heavy atom. The molecule has 1 heterocycles. The summed E-state index contributed by atoms with van der Waals surface area (Å²) >= 11 is 0. The standard InChI is InChI=1S/C25H23N3O4/c1-18(29)28(2)16-24-26-25(27-32-24)20-8-10-22(11-9-20)31-23-14-12-21(13-15-23)30-17-19-6-4-3-5-7-19/h3-15H,16-17H2,1-2H3. The SMILES string of the molecule is CC(=O)N(C)Cc1nc(-c2ccc(Oc3ccc(OCc4ccccc4)cc3)cc2)no1. The number of rotatable bonds is 8. The number of carbonyl (C=O) groups is 1. The predicted octanol–water partition coefficient (Wildman–Crippen LogP) is 5.09. The van der Waals surface area contributed by atoms with Gasteiger partial charge in [-0.05, 0) is 54.1 Å². The molecule has 162 valence electrons. The van der Waals surface area contributed by atoms with Gasteiger partial charge in [0, 0.05) is 19.5 Å². The van der Waals surface area contributed by atoms with Crippen LogP contribution in [0, 0.1) is 0 Å². The zero-order valence-corrected chi connectivity index (χ0v) is 17.9. The van der Waals surface area contributed by atoms with Gasteiger partial charge in [-0.15, -0.1) is 0 Å². The van der Waals surface area contributed by atoms with Crippen LogP contribution < -0.4 is 9.47 Å². The lowest BCUT2D eigenvalue weighted by molar-refractivity contribution is -0.128. The van der Waals surface area contributed by atoms with Gasteiger partial charge in [0.25, 0.3) is 0 Å². The topological polar surface area (TPSA) is 77.7 Å². The van der Waals surface area contributed by atoms with Crippen molar-refractivity contribution in [1.29, 1.82) is 0 Å². The predicted molar refractivity (Wildman–Crippen MR) is 119 cm³/mol. The summed E-state index contributed by atoms with van der Waals surface area (Å²) in [7, 11) is 1.68. The third-order valence-corrected chi connectivity index (χ3v) is 4.80. The molecule has 0 aliphatic carbocycles. The van der Waals surface area contributed by atoms with E-state index in [-0.39, 0.29) is 12.5 Å². The van der Waals surface area contributed by atoms with Crippen molar-refractivity contribution in [2.75, 3.05) is 7.05 Å². The van der Waals surface area contributed by atoms with Crippen LogP contribution >= 0.6 is 0 Å². The first-order valence-corrected chi connectivity index (χ1v) is 10.2. The molecule has 0 saturated heterocycles. The first-order valence-electron chi connectivity index (χ1n) is 10.2. The van der Waals surface area contributed by atoms with Gasteiger partial charge in [0.2, 0.25) is 17.6 Å². The number of carbonyl (C=O) groups excluding carboxylic acids is 1. The van der Waals surface area contributed by atoms with Crippen LogP contribution in [-0.4, -0.2) is 28.0 Å². The Morgan fingerprint density at radius 2 is 1.53 bits per heavy atom. The van der Waals surface area contributed by atoms with Gasteiger partial charge in [0.05, 0.1) is 6.54 Å². The summed E-state index contributed by atoms with van der Waals surface area (Å²) in [4.78, 5) is 17.2. The number of hydrogen-bond acceptors (Lipinski definition) is 6. The van der Waals surface area contributed by atoms with Gasteiger partial charge in [-0.25, -0.2) is 0 Å². The van der Waals surface area contributed by atoms with Crippen LogP contribution in [0.4, 0.5) is 0 Å². The van der Waals surface area contributed by atoms with E-state index in [9.17, 15) is 4.79 Å². The van der Waals surface area contributed by atoms with Crippen LogP contribution in [0.2, 0.25) is 0 Å². The fourth-order valence-corrected chi connectivity index (χ4v) is 2.90. The first kappa shape index (κ1) is 21.1. The highest BCUT2D eigenvalue weighted by Gasteiger charge is 2.12. The number of nitrogens with zero attached hydrogens (tertiary/aromatic N) is 3. The van der Waals surface area contributed by atoms with E-state index in [1.54, 1.807) is 7.05 Å². The lowest BCUT2D eigenvalue weighted by Crippen LogP contribution is -2.23. The molecule has 0 atom stereocenters. The summed E-state index contributed by atoms with van der Waals surface area (Å²) in [6, 6.07) is 24.9. The Morgan fingerprint density at radius 1 is 0.906 bits per heavy atom. The molecule has 3 aromatic carbocycles. The van der Waals surface area contributed by atoms with E-state index >= 15 is 0 Å². The minimum absolute atomic E-state index is 0.0676. The third-order valence-electron chi connectivity index (χ3n) is 4.80. The molecule has 7 heteroatoms. The van der Waals surface area contributed by atoms with Crippen molar-refractivity contribution in [3.8, 4) is 28.6 Å². The molecule has 0 N–H and O–H groups in total. The molecule has 0 aliphatic heterocycles. The molecular weight excluding hydrogens is 406 g/mol. The average molecular weight is 429 g/mol. The van der Waals surface area contributed by atoms with Crippen molar-refractivity contribution >= 4 is 5.91 Å². The van der Waals surface area contributed by atoms with Gasteiger partial charge >= 0.3 is 0 Å². The lowest BCUT2D eigenvalue weighted by atomic mass is 10.2. The molecule has 1 aromatic heterocycles. The number of hydrogen-bond donors (Lipinski definition) is 0. The first-order chi connectivity index (χ1) is 15.6. The van der Waals surface area contributed by atoms with Gasteiger partial charge in [0.1, 0.15) is 23.9 Å². The van der Waals surface area contributed by atoms with E-state index in [1.807, 2.05) is 78.9 Å². The third kappa shape index (κ3) is 5.51. The van der Waals surface area contributed by atoms with E-state index < -0.39 is 0 Å². The molecule has 4 rings (SSSR count). The van der Waals surface area contributed by atoms with Crippen molar-refractivity contribution in [2.45, 2.75) is 20.1 Å². The maximum atomic E-state index is 11.3. The maximum absolute atomic E-state index is 11.3. The number of ether oxygens (including phenoxy) is 2. The average Bonchev–Trinajstić information content (AvgIpc) is 3.28. The molecule has 0 saturated carbocycles. The largest absolute Gasteiger partial charge is 0.489 e. The van der Waals surface area contributed by atoms with Crippen LogP contribution in [-0.2, 0) is 17.9 Å². The van der Waals surface area contributed by atoms with Crippen LogP contribution in [0.25, 0.3) is 11.4 Å². The molecule has 0 fully saturated rings. The van der Waals surface area contributed by atoms with Crippen LogP contribution in [0.15, 0.2) is 83.4 Å². The monoisotopic (exact) mass is 429 g/mol. The van der Waals surface area contributed by atoms with Crippen molar-refractivity contribution in [3.05, 3.63) is 90.3 Å². The zero-order chi connectivity index (χ0) is 22.3. The van der Waals surface area contributed by atoms with E-state index in [0.717, 1.165) is 16.9 Å². The summed E-state index contributed by atoms with van der Waals surface area (Å²) in [5.74, 6) is 2.95. The van der Waals surface area contributed by atoms with Gasteiger partial charge in [-0.2, -0.15) is 4.98 Å². The lowest BCUT2D eigenvalue weighted by Gasteiger charge is -2.10. The highest BCUT2D eigenvalue weighted by atomic mass is 16.5. The van der Waals surface area contributed by atoms with E-state index in [4.69, 9.17) is 14.0 Å². The zero-order valence-electron chi connectivity index (χ0n) is 17.9. The molecule has 0 aliphatic rings. The second kappa shape index (κ2) is 9.78. The van der Waals surface area contributed by atoms with E-state index in [0.29, 0.717) is 29.8 Å². The second-order valence-corrected chi connectivity index (χ2v) is 7.26. The highest BCUT2D eigenvalue weighted by molar-refractivity contribution is 5.72. The molecule has 0 unspecified atom stereocenters. The Bertz CT molecular complexity index is 1160. The molecular formula is C25H23N3O4. The van der Waals surface area contributed by atoms with Crippen molar-refractivity contribution < 1.29 is 18.8 Å². The Balaban J connectivity index is 1.33. The van der Waals surface area contributed by atoms with Crippen molar-refractivity contribution in [1.82, 2.24) is 15.0 Å². The second-order valence-electron chi connectivity index (χ2n) is 7.26. The fraction of sp³-hybridized carbons (Fsp3) is 0.160. The number of benzene rings is 3. The Labute approximate surface area is 186 Å². The normalized spacial score (nSPS) is 10.6. The van der Waals surface area contributed by atoms with Crippen molar-refractivity contribution in [2.24, 2.45) is 0 Å². The summed E-state index contributed by atoms with van der Waals surface area (Å²) in [5, 5.41) is 3.98. The molecule has 32 heavy (non-hydrogen) atoms.